The largest absolute Gasteiger partial charge is 0.322 e. The van der Waals surface area contributed by atoms with Crippen LogP contribution in [0.25, 0.3) is 10.9 Å². The van der Waals surface area contributed by atoms with Crippen molar-refractivity contribution >= 4 is 10.9 Å². The highest BCUT2D eigenvalue weighted by atomic mass is 16.1. The molecule has 2 aromatic heterocycles. The first-order chi connectivity index (χ1) is 17.5. The number of benzene rings is 2. The third-order valence-corrected chi connectivity index (χ3v) is 7.41. The van der Waals surface area contributed by atoms with E-state index in [1.165, 1.54) is 30.4 Å². The Hall–Kier alpha value is -3.32. The Morgan fingerprint density at radius 1 is 1.03 bits per heavy atom. The van der Waals surface area contributed by atoms with Gasteiger partial charge >= 0.3 is 0 Å². The zero-order valence-electron chi connectivity index (χ0n) is 21.5. The predicted octanol–water partition coefficient (Wildman–Crippen LogP) is 5.73. The summed E-state index contributed by atoms with van der Waals surface area (Å²) in [5.41, 5.74) is 3.96. The van der Waals surface area contributed by atoms with Crippen LogP contribution in [0.3, 0.4) is 0 Å². The molecule has 7 nitrogen and oxygen atoms in total. The van der Waals surface area contributed by atoms with Crippen molar-refractivity contribution in [2.24, 2.45) is 5.92 Å². The van der Waals surface area contributed by atoms with Crippen LogP contribution in [0.5, 0.6) is 0 Å². The Labute approximate surface area is 212 Å². The first-order valence-corrected chi connectivity index (χ1v) is 13.2. The quantitative estimate of drug-likeness (QED) is 0.346. The van der Waals surface area contributed by atoms with Crippen molar-refractivity contribution in [1.82, 2.24) is 30.1 Å². The highest BCUT2D eigenvalue weighted by Gasteiger charge is 2.32. The van der Waals surface area contributed by atoms with Crippen LogP contribution in [0.15, 0.2) is 59.4 Å². The van der Waals surface area contributed by atoms with E-state index in [0.29, 0.717) is 19.1 Å². The number of fused-ring (bicyclic) bond motifs is 1. The average Bonchev–Trinajstić information content (AvgIpc) is 3.35. The minimum atomic E-state index is -0.0428. The van der Waals surface area contributed by atoms with Crippen LogP contribution in [0.2, 0.25) is 0 Å². The SMILES string of the molecule is Cc1ccc2[nH]c(=O)c(CN(Cc3ccccc3)[C@H](c3nnnn3C3CCCCC3)C(C)C)cc2c1. The topological polar surface area (TPSA) is 79.7 Å². The molecule has 1 atom stereocenters. The van der Waals surface area contributed by atoms with E-state index in [2.05, 4.69) is 81.2 Å². The van der Waals surface area contributed by atoms with Crippen LogP contribution in [0.4, 0.5) is 0 Å². The van der Waals surface area contributed by atoms with E-state index in [9.17, 15) is 4.79 Å². The molecule has 0 saturated heterocycles. The standard InChI is InChI=1S/C29H36N6O/c1-20(2)27(28-31-32-33-35(28)25-12-8-5-9-13-25)34(18-22-10-6-4-7-11-22)19-24-17-23-16-21(3)14-15-26(23)30-29(24)36/h4,6-7,10-11,14-17,20,25,27H,5,8-9,12-13,18-19H2,1-3H3,(H,30,36)/t27-/m0/s1. The van der Waals surface area contributed by atoms with Crippen LogP contribution in [-0.2, 0) is 13.1 Å². The van der Waals surface area contributed by atoms with Crippen molar-refractivity contribution < 1.29 is 0 Å². The van der Waals surface area contributed by atoms with Gasteiger partial charge in [0.2, 0.25) is 0 Å². The van der Waals surface area contributed by atoms with Crippen LogP contribution in [-0.4, -0.2) is 30.1 Å². The van der Waals surface area contributed by atoms with Gasteiger partial charge in [-0.25, -0.2) is 4.68 Å². The summed E-state index contributed by atoms with van der Waals surface area (Å²) in [6.07, 6.45) is 5.95. The molecule has 1 aliphatic carbocycles. The van der Waals surface area contributed by atoms with Crippen molar-refractivity contribution in [3.8, 4) is 0 Å². The first-order valence-electron chi connectivity index (χ1n) is 13.2. The van der Waals surface area contributed by atoms with Gasteiger partial charge in [-0.1, -0.05) is 75.1 Å². The highest BCUT2D eigenvalue weighted by molar-refractivity contribution is 5.79. The maximum absolute atomic E-state index is 13.2. The Bertz CT molecular complexity index is 1350. The summed E-state index contributed by atoms with van der Waals surface area (Å²) in [7, 11) is 0. The van der Waals surface area contributed by atoms with E-state index in [0.717, 1.165) is 35.1 Å². The molecule has 0 bridgehead atoms. The second-order valence-corrected chi connectivity index (χ2v) is 10.6. The molecule has 0 aliphatic heterocycles. The van der Waals surface area contributed by atoms with Gasteiger partial charge in [-0.3, -0.25) is 9.69 Å². The van der Waals surface area contributed by atoms with Crippen molar-refractivity contribution in [3.63, 3.8) is 0 Å². The number of aromatic nitrogens is 5. The third kappa shape index (κ3) is 5.26. The molecule has 0 radical (unpaired) electrons. The Kier molecular flexibility index (Phi) is 7.28. The fourth-order valence-corrected chi connectivity index (χ4v) is 5.64. The van der Waals surface area contributed by atoms with Gasteiger partial charge < -0.3 is 4.98 Å². The van der Waals surface area contributed by atoms with E-state index in [1.54, 1.807) is 0 Å². The summed E-state index contributed by atoms with van der Waals surface area (Å²) >= 11 is 0. The number of nitrogens with zero attached hydrogens (tertiary/aromatic N) is 5. The number of H-pyrrole nitrogens is 1. The number of hydrogen-bond acceptors (Lipinski definition) is 5. The van der Waals surface area contributed by atoms with Gasteiger partial charge in [-0.05, 0) is 65.3 Å². The third-order valence-electron chi connectivity index (χ3n) is 7.41. The molecular formula is C29H36N6O. The smallest absolute Gasteiger partial charge is 0.252 e. The van der Waals surface area contributed by atoms with Crippen molar-refractivity contribution in [3.05, 3.63) is 87.5 Å². The van der Waals surface area contributed by atoms with E-state index < -0.39 is 0 Å². The van der Waals surface area contributed by atoms with Crippen LogP contribution >= 0.6 is 0 Å². The molecule has 2 heterocycles. The second kappa shape index (κ2) is 10.7. The minimum Gasteiger partial charge on any atom is -0.322 e. The molecule has 0 unspecified atom stereocenters. The van der Waals surface area contributed by atoms with Gasteiger partial charge in [0.25, 0.3) is 5.56 Å². The summed E-state index contributed by atoms with van der Waals surface area (Å²) in [6.45, 7) is 7.72. The van der Waals surface area contributed by atoms with Gasteiger partial charge in [0.1, 0.15) is 0 Å². The molecule has 4 aromatic rings. The maximum Gasteiger partial charge on any atom is 0.252 e. The van der Waals surface area contributed by atoms with Crippen LogP contribution in [0, 0.1) is 12.8 Å². The van der Waals surface area contributed by atoms with Crippen molar-refractivity contribution in [1.29, 1.82) is 0 Å². The average molecular weight is 485 g/mol. The molecule has 2 aromatic carbocycles. The lowest BCUT2D eigenvalue weighted by Crippen LogP contribution is -2.36. The van der Waals surface area contributed by atoms with Crippen molar-refractivity contribution in [2.75, 3.05) is 0 Å². The molecule has 0 amide bonds. The van der Waals surface area contributed by atoms with Gasteiger partial charge in [-0.2, -0.15) is 0 Å². The van der Waals surface area contributed by atoms with Crippen LogP contribution in [0.1, 0.15) is 80.6 Å². The maximum atomic E-state index is 13.2. The lowest BCUT2D eigenvalue weighted by Gasteiger charge is -2.35. The molecule has 1 fully saturated rings. The lowest BCUT2D eigenvalue weighted by atomic mass is 9.94. The number of hydrogen-bond donors (Lipinski definition) is 1. The number of aryl methyl sites for hydroxylation is 1. The first kappa shape index (κ1) is 24.4. The number of tetrazole rings is 1. The molecule has 1 saturated carbocycles. The molecular weight excluding hydrogens is 448 g/mol. The van der Waals surface area contributed by atoms with E-state index in [1.807, 2.05) is 24.3 Å². The van der Waals surface area contributed by atoms with Gasteiger partial charge in [0.15, 0.2) is 5.82 Å². The summed E-state index contributed by atoms with van der Waals surface area (Å²) in [5.74, 6) is 1.16. The van der Waals surface area contributed by atoms with Gasteiger partial charge in [0, 0.05) is 24.2 Å². The summed E-state index contributed by atoms with van der Waals surface area (Å²) in [6, 6.07) is 18.9. The Balaban J connectivity index is 1.55. The second-order valence-electron chi connectivity index (χ2n) is 10.6. The molecule has 7 heteroatoms. The van der Waals surface area contributed by atoms with Crippen LogP contribution < -0.4 is 5.56 Å². The monoisotopic (exact) mass is 484 g/mol. The minimum absolute atomic E-state index is 0.0326. The molecule has 188 valence electrons. The van der Waals surface area contributed by atoms with E-state index >= 15 is 0 Å². The molecule has 1 aliphatic rings. The van der Waals surface area contributed by atoms with E-state index in [4.69, 9.17) is 0 Å². The number of nitrogens with one attached hydrogen (secondary N) is 1. The van der Waals surface area contributed by atoms with E-state index in [-0.39, 0.29) is 17.5 Å². The molecule has 1 N–H and O–H groups in total. The predicted molar refractivity (Wildman–Crippen MR) is 143 cm³/mol. The van der Waals surface area contributed by atoms with Gasteiger partial charge in [0.05, 0.1) is 12.1 Å². The van der Waals surface area contributed by atoms with Gasteiger partial charge in [-0.15, -0.1) is 5.10 Å². The zero-order valence-corrected chi connectivity index (χ0v) is 21.5. The Morgan fingerprint density at radius 2 is 1.81 bits per heavy atom. The summed E-state index contributed by atoms with van der Waals surface area (Å²) in [4.78, 5) is 18.6. The molecule has 36 heavy (non-hydrogen) atoms. The fraction of sp³-hybridized carbons (Fsp3) is 0.448. The number of aromatic amines is 1. The highest BCUT2D eigenvalue weighted by Crippen LogP contribution is 2.34. The van der Waals surface area contributed by atoms with Crippen molar-refractivity contribution in [2.45, 2.75) is 78.0 Å². The number of rotatable bonds is 8. The summed E-state index contributed by atoms with van der Waals surface area (Å²) < 4.78 is 2.08. The Morgan fingerprint density at radius 3 is 2.56 bits per heavy atom. The molecule has 5 rings (SSSR count). The fourth-order valence-electron chi connectivity index (χ4n) is 5.64. The normalized spacial score (nSPS) is 15.7. The lowest BCUT2D eigenvalue weighted by molar-refractivity contribution is 0.121. The zero-order chi connectivity index (χ0) is 25.1. The summed E-state index contributed by atoms with van der Waals surface area (Å²) in [5, 5.41) is 14.2. The number of pyridine rings is 1. The molecule has 0 spiro atoms.